The molecule has 0 amide bonds. The van der Waals surface area contributed by atoms with Gasteiger partial charge in [-0.3, -0.25) is 0 Å². The molecule has 0 bridgehead atoms. The first kappa shape index (κ1) is 25.2. The van der Waals surface area contributed by atoms with Crippen molar-refractivity contribution < 1.29 is 18.6 Å². The summed E-state index contributed by atoms with van der Waals surface area (Å²) < 4.78 is 21.2. The second-order valence-electron chi connectivity index (χ2n) is 5.95. The lowest BCUT2D eigenvalue weighted by Crippen LogP contribution is -2.38. The summed E-state index contributed by atoms with van der Waals surface area (Å²) in [5.74, 6) is 2.20. The molecule has 162 valence electrons. The zero-order valence-electron chi connectivity index (χ0n) is 17.1. The van der Waals surface area contributed by atoms with Crippen LogP contribution in [0.3, 0.4) is 0 Å². The van der Waals surface area contributed by atoms with Crippen molar-refractivity contribution in [2.24, 2.45) is 4.99 Å². The van der Waals surface area contributed by atoms with E-state index in [1.807, 2.05) is 31.2 Å². The lowest BCUT2D eigenvalue weighted by Gasteiger charge is -2.11. The number of aliphatic imine (C=N–C) groups is 1. The zero-order valence-corrected chi connectivity index (χ0v) is 19.4. The minimum atomic E-state index is 0. The van der Waals surface area contributed by atoms with Gasteiger partial charge in [0, 0.05) is 39.1 Å². The third-order valence-electron chi connectivity index (χ3n) is 3.68. The van der Waals surface area contributed by atoms with Crippen LogP contribution in [0.5, 0.6) is 5.88 Å². The van der Waals surface area contributed by atoms with Gasteiger partial charge in [0.05, 0.1) is 19.4 Å². The third kappa shape index (κ3) is 11.1. The molecule has 0 aliphatic carbocycles. The molecule has 2 heterocycles. The van der Waals surface area contributed by atoms with E-state index in [2.05, 4.69) is 20.6 Å². The molecule has 0 unspecified atom stereocenters. The maximum atomic E-state index is 5.57. The Labute approximate surface area is 189 Å². The molecule has 2 rings (SSSR count). The SMILES string of the molecule is CCNC(=NCc1ccc(OCCOC)nc1)NCCCOCc1ccco1.I. The fourth-order valence-corrected chi connectivity index (χ4v) is 2.28. The van der Waals surface area contributed by atoms with Gasteiger partial charge in [-0.05, 0) is 31.0 Å². The topological polar surface area (TPSA) is 90.1 Å². The molecule has 0 radical (unpaired) electrons. The van der Waals surface area contributed by atoms with E-state index >= 15 is 0 Å². The van der Waals surface area contributed by atoms with Crippen LogP contribution < -0.4 is 15.4 Å². The van der Waals surface area contributed by atoms with Crippen LogP contribution in [0.2, 0.25) is 0 Å². The molecule has 9 heteroatoms. The number of rotatable bonds is 13. The molecule has 0 saturated heterocycles. The molecule has 0 spiro atoms. The number of halogens is 1. The monoisotopic (exact) mass is 518 g/mol. The predicted octanol–water partition coefficient (Wildman–Crippen LogP) is 2.98. The van der Waals surface area contributed by atoms with Gasteiger partial charge in [-0.15, -0.1) is 24.0 Å². The van der Waals surface area contributed by atoms with Crippen molar-refractivity contribution in [3.63, 3.8) is 0 Å². The van der Waals surface area contributed by atoms with Crippen LogP contribution in [-0.2, 0) is 22.6 Å². The summed E-state index contributed by atoms with van der Waals surface area (Å²) in [7, 11) is 1.64. The second kappa shape index (κ2) is 16.0. The van der Waals surface area contributed by atoms with Crippen LogP contribution in [-0.4, -0.2) is 51.0 Å². The summed E-state index contributed by atoms with van der Waals surface area (Å²) in [6.45, 7) is 6.33. The molecule has 29 heavy (non-hydrogen) atoms. The van der Waals surface area contributed by atoms with Gasteiger partial charge < -0.3 is 29.3 Å². The van der Waals surface area contributed by atoms with Crippen molar-refractivity contribution in [2.75, 3.05) is 40.0 Å². The van der Waals surface area contributed by atoms with E-state index in [1.165, 1.54) is 0 Å². The molecule has 0 saturated carbocycles. The largest absolute Gasteiger partial charge is 0.475 e. The van der Waals surface area contributed by atoms with Crippen molar-refractivity contribution in [3.8, 4) is 5.88 Å². The van der Waals surface area contributed by atoms with Gasteiger partial charge in [0.25, 0.3) is 0 Å². The first-order chi connectivity index (χ1) is 13.8. The highest BCUT2D eigenvalue weighted by Crippen LogP contribution is 2.08. The Kier molecular flexibility index (Phi) is 13.9. The number of furan rings is 1. The first-order valence-corrected chi connectivity index (χ1v) is 9.50. The van der Waals surface area contributed by atoms with E-state index in [0.29, 0.717) is 38.9 Å². The van der Waals surface area contributed by atoms with Crippen LogP contribution in [0.25, 0.3) is 0 Å². The standard InChI is InChI=1S/C20H30N4O4.HI/c1-3-21-20(22-9-5-10-26-16-18-6-4-11-27-18)24-15-17-7-8-19(23-14-17)28-13-12-25-2;/h4,6-8,11,14H,3,5,9-10,12-13,15-16H2,1-2H3,(H2,21,22,24);1H. The van der Waals surface area contributed by atoms with Gasteiger partial charge >= 0.3 is 0 Å². The van der Waals surface area contributed by atoms with Gasteiger partial charge in [-0.25, -0.2) is 9.98 Å². The van der Waals surface area contributed by atoms with E-state index in [0.717, 1.165) is 36.8 Å². The molecule has 0 aliphatic rings. The minimum absolute atomic E-state index is 0. The average molecular weight is 518 g/mol. The van der Waals surface area contributed by atoms with Crippen molar-refractivity contribution in [3.05, 3.63) is 48.0 Å². The van der Waals surface area contributed by atoms with Crippen LogP contribution in [0.1, 0.15) is 24.7 Å². The Balaban J connectivity index is 0.00000420. The van der Waals surface area contributed by atoms with Crippen LogP contribution in [0.15, 0.2) is 46.1 Å². The molecule has 0 atom stereocenters. The maximum Gasteiger partial charge on any atom is 0.213 e. The van der Waals surface area contributed by atoms with E-state index in [1.54, 1.807) is 19.6 Å². The lowest BCUT2D eigenvalue weighted by atomic mass is 10.3. The lowest BCUT2D eigenvalue weighted by molar-refractivity contribution is 0.105. The predicted molar refractivity (Wildman–Crippen MR) is 123 cm³/mol. The van der Waals surface area contributed by atoms with Gasteiger partial charge in [-0.2, -0.15) is 0 Å². The quantitative estimate of drug-likeness (QED) is 0.182. The van der Waals surface area contributed by atoms with Gasteiger partial charge in [-0.1, -0.05) is 6.07 Å². The average Bonchev–Trinajstić information content (AvgIpc) is 3.23. The minimum Gasteiger partial charge on any atom is -0.475 e. The van der Waals surface area contributed by atoms with Crippen LogP contribution in [0.4, 0.5) is 0 Å². The highest BCUT2D eigenvalue weighted by Gasteiger charge is 2.00. The molecule has 0 aliphatic heterocycles. The third-order valence-corrected chi connectivity index (χ3v) is 3.68. The Morgan fingerprint density at radius 2 is 2.07 bits per heavy atom. The normalized spacial score (nSPS) is 11.0. The number of nitrogens with zero attached hydrogens (tertiary/aromatic N) is 2. The van der Waals surface area contributed by atoms with Gasteiger partial charge in [0.2, 0.25) is 5.88 Å². The molecular weight excluding hydrogens is 487 g/mol. The smallest absolute Gasteiger partial charge is 0.213 e. The summed E-state index contributed by atoms with van der Waals surface area (Å²) in [5.41, 5.74) is 1.01. The second-order valence-corrected chi connectivity index (χ2v) is 5.95. The summed E-state index contributed by atoms with van der Waals surface area (Å²) in [5, 5.41) is 6.54. The Hall–Kier alpha value is -1.85. The molecule has 0 aromatic carbocycles. The van der Waals surface area contributed by atoms with Gasteiger partial charge in [0.15, 0.2) is 5.96 Å². The number of hydrogen-bond donors (Lipinski definition) is 2. The summed E-state index contributed by atoms with van der Waals surface area (Å²) >= 11 is 0. The summed E-state index contributed by atoms with van der Waals surface area (Å²) in [6.07, 6.45) is 4.30. The Morgan fingerprint density at radius 3 is 2.76 bits per heavy atom. The Morgan fingerprint density at radius 1 is 1.17 bits per heavy atom. The molecule has 0 fully saturated rings. The summed E-state index contributed by atoms with van der Waals surface area (Å²) in [6, 6.07) is 7.57. The molecule has 2 N–H and O–H groups in total. The highest BCUT2D eigenvalue weighted by molar-refractivity contribution is 14.0. The first-order valence-electron chi connectivity index (χ1n) is 9.50. The van der Waals surface area contributed by atoms with E-state index in [4.69, 9.17) is 18.6 Å². The summed E-state index contributed by atoms with van der Waals surface area (Å²) in [4.78, 5) is 8.86. The number of aromatic nitrogens is 1. The number of hydrogen-bond acceptors (Lipinski definition) is 6. The zero-order chi connectivity index (χ0) is 19.9. The van der Waals surface area contributed by atoms with Crippen molar-refractivity contribution in [1.82, 2.24) is 15.6 Å². The molecule has 2 aromatic heterocycles. The highest BCUT2D eigenvalue weighted by atomic mass is 127. The molecular formula is C20H31IN4O4. The fraction of sp³-hybridized carbons (Fsp3) is 0.500. The van der Waals surface area contributed by atoms with Crippen molar-refractivity contribution in [1.29, 1.82) is 0 Å². The van der Waals surface area contributed by atoms with Crippen LogP contribution in [0, 0.1) is 0 Å². The van der Waals surface area contributed by atoms with E-state index in [-0.39, 0.29) is 24.0 Å². The number of guanidine groups is 1. The van der Waals surface area contributed by atoms with Crippen molar-refractivity contribution >= 4 is 29.9 Å². The fourth-order valence-electron chi connectivity index (χ4n) is 2.28. The maximum absolute atomic E-state index is 5.57. The van der Waals surface area contributed by atoms with Crippen molar-refractivity contribution in [2.45, 2.75) is 26.5 Å². The number of methoxy groups -OCH3 is 1. The number of pyridine rings is 1. The Bertz CT molecular complexity index is 666. The number of nitrogens with one attached hydrogen (secondary N) is 2. The van der Waals surface area contributed by atoms with E-state index < -0.39 is 0 Å². The number of ether oxygens (including phenoxy) is 3. The van der Waals surface area contributed by atoms with Gasteiger partial charge in [0.1, 0.15) is 19.0 Å². The molecule has 8 nitrogen and oxygen atoms in total. The van der Waals surface area contributed by atoms with Crippen LogP contribution >= 0.6 is 24.0 Å². The molecule has 2 aromatic rings. The van der Waals surface area contributed by atoms with E-state index in [9.17, 15) is 0 Å².